The van der Waals surface area contributed by atoms with Crippen LogP contribution in [0.4, 0.5) is 11.4 Å². The van der Waals surface area contributed by atoms with Crippen LogP contribution in [0.15, 0.2) is 79.1 Å². The first-order chi connectivity index (χ1) is 17.6. The largest absolute Gasteiger partial charge is 0.371 e. The third kappa shape index (κ3) is 5.69. The molecule has 0 aliphatic carbocycles. The van der Waals surface area contributed by atoms with Crippen LogP contribution in [0.2, 0.25) is 5.02 Å². The standard InChI is InChI=1S/C28H27ClN4O2S/c29-22-7-6-21-16-26(36-25(21)17-22)28(35)33(24-4-2-1-3-5-24)19-27(34)31-18-20-10-14-32(15-11-20)23-8-12-30-13-9-23/h1-9,12-13,16-17,20H,10-11,14-15,18-19H2,(H,31,34). The van der Waals surface area contributed by atoms with Gasteiger partial charge in [-0.15, -0.1) is 11.3 Å². The maximum atomic E-state index is 13.5. The molecule has 6 nitrogen and oxygen atoms in total. The van der Waals surface area contributed by atoms with Crippen molar-refractivity contribution in [2.45, 2.75) is 12.8 Å². The molecule has 0 radical (unpaired) electrons. The van der Waals surface area contributed by atoms with Crippen molar-refractivity contribution >= 4 is 56.2 Å². The molecule has 8 heteroatoms. The Kier molecular flexibility index (Phi) is 7.49. The van der Waals surface area contributed by atoms with E-state index in [9.17, 15) is 9.59 Å². The smallest absolute Gasteiger partial charge is 0.268 e. The number of aromatic nitrogens is 1. The maximum Gasteiger partial charge on any atom is 0.268 e. The molecule has 1 fully saturated rings. The fraction of sp³-hybridized carbons (Fsp3) is 0.250. The number of fused-ring (bicyclic) bond motifs is 1. The Hall–Kier alpha value is -3.42. The van der Waals surface area contributed by atoms with Gasteiger partial charge in [0.05, 0.1) is 4.88 Å². The Labute approximate surface area is 219 Å². The van der Waals surface area contributed by atoms with Crippen molar-refractivity contribution in [1.82, 2.24) is 10.3 Å². The minimum Gasteiger partial charge on any atom is -0.371 e. The first kappa shape index (κ1) is 24.3. The Morgan fingerprint density at radius 1 is 1.03 bits per heavy atom. The number of rotatable bonds is 7. The summed E-state index contributed by atoms with van der Waals surface area (Å²) in [7, 11) is 0. The number of nitrogens with one attached hydrogen (secondary N) is 1. The van der Waals surface area contributed by atoms with Crippen LogP contribution in [0, 0.1) is 5.92 Å². The first-order valence-corrected chi connectivity index (χ1v) is 13.2. The van der Waals surface area contributed by atoms with Gasteiger partial charge in [-0.1, -0.05) is 35.9 Å². The molecule has 0 spiro atoms. The van der Waals surface area contributed by atoms with Gasteiger partial charge in [-0.05, 0) is 66.6 Å². The molecule has 5 rings (SSSR count). The minimum absolute atomic E-state index is 0.0340. The number of pyridine rings is 1. The molecule has 2 aromatic carbocycles. The summed E-state index contributed by atoms with van der Waals surface area (Å²) >= 11 is 7.51. The lowest BCUT2D eigenvalue weighted by atomic mass is 9.96. The van der Waals surface area contributed by atoms with Crippen LogP contribution in [0.1, 0.15) is 22.5 Å². The molecule has 0 unspecified atom stereocenters. The highest BCUT2D eigenvalue weighted by Crippen LogP contribution is 2.30. The Morgan fingerprint density at radius 2 is 1.78 bits per heavy atom. The third-order valence-corrected chi connectivity index (χ3v) is 7.86. The molecule has 4 aromatic rings. The van der Waals surface area contributed by atoms with Gasteiger partial charge in [0, 0.05) is 53.1 Å². The van der Waals surface area contributed by atoms with E-state index in [1.54, 1.807) is 4.90 Å². The van der Waals surface area contributed by atoms with Crippen LogP contribution in [-0.2, 0) is 4.79 Å². The van der Waals surface area contributed by atoms with Crippen LogP contribution in [0.5, 0.6) is 0 Å². The van der Waals surface area contributed by atoms with Gasteiger partial charge in [0.25, 0.3) is 5.91 Å². The Balaban J connectivity index is 1.22. The molecule has 184 valence electrons. The molecule has 1 saturated heterocycles. The van der Waals surface area contributed by atoms with E-state index >= 15 is 0 Å². The lowest BCUT2D eigenvalue weighted by molar-refractivity contribution is -0.119. The summed E-state index contributed by atoms with van der Waals surface area (Å²) < 4.78 is 0.946. The van der Waals surface area contributed by atoms with Crippen molar-refractivity contribution in [3.05, 3.63) is 89.0 Å². The normalized spacial score (nSPS) is 14.1. The minimum atomic E-state index is -0.195. The van der Waals surface area contributed by atoms with Crippen molar-refractivity contribution in [2.24, 2.45) is 5.92 Å². The third-order valence-electron chi connectivity index (χ3n) is 6.54. The monoisotopic (exact) mass is 518 g/mol. The van der Waals surface area contributed by atoms with E-state index in [1.807, 2.05) is 79.1 Å². The zero-order valence-electron chi connectivity index (χ0n) is 19.8. The lowest BCUT2D eigenvalue weighted by Gasteiger charge is -2.33. The van der Waals surface area contributed by atoms with E-state index in [0.717, 1.165) is 36.0 Å². The molecule has 0 atom stereocenters. The number of benzene rings is 2. The average Bonchev–Trinajstić information content (AvgIpc) is 3.35. The first-order valence-electron chi connectivity index (χ1n) is 12.0. The van der Waals surface area contributed by atoms with Gasteiger partial charge >= 0.3 is 0 Å². The van der Waals surface area contributed by atoms with E-state index in [4.69, 9.17) is 11.6 Å². The number of thiophene rings is 1. The van der Waals surface area contributed by atoms with Crippen molar-refractivity contribution in [1.29, 1.82) is 0 Å². The zero-order chi connectivity index (χ0) is 24.9. The highest BCUT2D eigenvalue weighted by Gasteiger charge is 2.24. The molecule has 1 aliphatic rings. The summed E-state index contributed by atoms with van der Waals surface area (Å²) in [5.41, 5.74) is 1.88. The molecular weight excluding hydrogens is 492 g/mol. The number of carbonyl (C=O) groups is 2. The SMILES string of the molecule is O=C(CN(C(=O)c1cc2ccc(Cl)cc2s1)c1ccccc1)NCC1CCN(c2ccncc2)CC1. The van der Waals surface area contributed by atoms with Crippen LogP contribution < -0.4 is 15.1 Å². The van der Waals surface area contributed by atoms with Gasteiger partial charge in [-0.3, -0.25) is 19.5 Å². The van der Waals surface area contributed by atoms with Gasteiger partial charge in [-0.25, -0.2) is 0 Å². The summed E-state index contributed by atoms with van der Waals surface area (Å²) in [6.45, 7) is 2.49. The van der Waals surface area contributed by atoms with E-state index in [1.165, 1.54) is 17.0 Å². The zero-order valence-corrected chi connectivity index (χ0v) is 21.3. The molecule has 2 amide bonds. The molecule has 0 saturated carbocycles. The highest BCUT2D eigenvalue weighted by molar-refractivity contribution is 7.21. The fourth-order valence-electron chi connectivity index (χ4n) is 4.54. The quantitative estimate of drug-likeness (QED) is 0.344. The molecule has 0 bridgehead atoms. The highest BCUT2D eigenvalue weighted by atomic mass is 35.5. The summed E-state index contributed by atoms with van der Waals surface area (Å²) in [5.74, 6) is 0.0625. The topological polar surface area (TPSA) is 65.5 Å². The number of halogens is 1. The van der Waals surface area contributed by atoms with Crippen LogP contribution in [0.3, 0.4) is 0 Å². The second-order valence-electron chi connectivity index (χ2n) is 8.96. The van der Waals surface area contributed by atoms with E-state index in [0.29, 0.717) is 28.0 Å². The number of para-hydroxylation sites is 1. The predicted molar refractivity (Wildman–Crippen MR) is 147 cm³/mol. The average molecular weight is 519 g/mol. The molecule has 3 heterocycles. The van der Waals surface area contributed by atoms with Crippen LogP contribution in [-0.4, -0.2) is 43.0 Å². The summed E-state index contributed by atoms with van der Waals surface area (Å²) in [6, 6.07) is 20.8. The fourth-order valence-corrected chi connectivity index (χ4v) is 5.83. The van der Waals surface area contributed by atoms with Gasteiger partial charge in [0.1, 0.15) is 6.54 Å². The van der Waals surface area contributed by atoms with Crippen LogP contribution >= 0.6 is 22.9 Å². The van der Waals surface area contributed by atoms with E-state index in [2.05, 4.69) is 15.2 Å². The van der Waals surface area contributed by atoms with Crippen molar-refractivity contribution < 1.29 is 9.59 Å². The number of anilines is 2. The second-order valence-corrected chi connectivity index (χ2v) is 10.5. The molecule has 36 heavy (non-hydrogen) atoms. The Morgan fingerprint density at radius 3 is 2.53 bits per heavy atom. The summed E-state index contributed by atoms with van der Waals surface area (Å²) in [4.78, 5) is 35.1. The van der Waals surface area contributed by atoms with Crippen LogP contribution in [0.25, 0.3) is 10.1 Å². The Bertz CT molecular complexity index is 1340. The molecule has 1 aliphatic heterocycles. The molecule has 2 aromatic heterocycles. The molecule has 1 N–H and O–H groups in total. The summed E-state index contributed by atoms with van der Waals surface area (Å²) in [6.07, 6.45) is 5.65. The predicted octanol–water partition coefficient (Wildman–Crippen LogP) is 5.63. The van der Waals surface area contributed by atoms with Gasteiger partial charge in [0.2, 0.25) is 5.91 Å². The number of hydrogen-bond donors (Lipinski definition) is 1. The summed E-state index contributed by atoms with van der Waals surface area (Å²) in [5, 5.41) is 4.67. The van der Waals surface area contributed by atoms with Crippen molar-refractivity contribution in [2.75, 3.05) is 36.0 Å². The second kappa shape index (κ2) is 11.1. The number of piperidine rings is 1. The van der Waals surface area contributed by atoms with Crippen molar-refractivity contribution in [3.63, 3.8) is 0 Å². The van der Waals surface area contributed by atoms with Gasteiger partial charge < -0.3 is 10.2 Å². The van der Waals surface area contributed by atoms with Crippen molar-refractivity contribution in [3.8, 4) is 0 Å². The maximum absolute atomic E-state index is 13.5. The number of amides is 2. The lowest BCUT2D eigenvalue weighted by Crippen LogP contribution is -2.43. The van der Waals surface area contributed by atoms with Gasteiger partial charge in [0.15, 0.2) is 0 Å². The van der Waals surface area contributed by atoms with E-state index < -0.39 is 0 Å². The van der Waals surface area contributed by atoms with E-state index in [-0.39, 0.29) is 18.4 Å². The number of carbonyl (C=O) groups excluding carboxylic acids is 2. The number of hydrogen-bond acceptors (Lipinski definition) is 5. The molecular formula is C28H27ClN4O2S. The number of nitrogens with zero attached hydrogens (tertiary/aromatic N) is 3. The van der Waals surface area contributed by atoms with Gasteiger partial charge in [-0.2, -0.15) is 0 Å².